The number of H-pyrrole nitrogens is 1. The van der Waals surface area contributed by atoms with Crippen LogP contribution in [0.4, 0.5) is 0 Å². The van der Waals surface area contributed by atoms with E-state index in [4.69, 9.17) is 0 Å². The number of aromatic amines is 1. The first-order valence-electron chi connectivity index (χ1n) is 6.46. The second-order valence-electron chi connectivity index (χ2n) is 5.13. The van der Waals surface area contributed by atoms with Crippen LogP contribution in [0, 0.1) is 13.8 Å². The first-order chi connectivity index (χ1) is 9.47. The van der Waals surface area contributed by atoms with E-state index in [0.29, 0.717) is 12.4 Å². The molecule has 3 N–H and O–H groups in total. The van der Waals surface area contributed by atoms with Crippen molar-refractivity contribution in [1.29, 1.82) is 0 Å². The number of nitrogens with one attached hydrogen (secondary N) is 1. The molecule has 0 aromatic carbocycles. The lowest BCUT2D eigenvalue weighted by atomic mass is 10.1. The van der Waals surface area contributed by atoms with Crippen LogP contribution < -0.4 is 0 Å². The number of aromatic nitrogens is 5. The molecular weight excluding hydrogens is 258 g/mol. The third-order valence-electron chi connectivity index (χ3n) is 3.63. The van der Waals surface area contributed by atoms with E-state index in [1.807, 2.05) is 20.8 Å². The number of hydrogen-bond donors (Lipinski definition) is 3. The predicted octanol–water partition coefficient (Wildman–Crippen LogP) is 1.69. The van der Waals surface area contributed by atoms with Crippen LogP contribution in [0.5, 0.6) is 11.8 Å². The highest BCUT2D eigenvalue weighted by molar-refractivity contribution is 5.48. The monoisotopic (exact) mass is 275 g/mol. The van der Waals surface area contributed by atoms with Gasteiger partial charge in [0.1, 0.15) is 0 Å². The molecule has 0 aliphatic heterocycles. The van der Waals surface area contributed by atoms with Crippen LogP contribution in [-0.2, 0) is 6.54 Å². The zero-order valence-corrected chi connectivity index (χ0v) is 11.6. The van der Waals surface area contributed by atoms with Crippen LogP contribution >= 0.6 is 0 Å². The highest BCUT2D eigenvalue weighted by Gasteiger charge is 2.18. The predicted molar refractivity (Wildman–Crippen MR) is 73.0 cm³/mol. The van der Waals surface area contributed by atoms with Gasteiger partial charge in [-0.1, -0.05) is 6.92 Å². The minimum absolute atomic E-state index is 0.0335. The van der Waals surface area contributed by atoms with Gasteiger partial charge in [-0.05, 0) is 13.8 Å². The van der Waals surface area contributed by atoms with E-state index in [-0.39, 0.29) is 17.7 Å². The first kappa shape index (κ1) is 12.6. The molecule has 3 heterocycles. The summed E-state index contributed by atoms with van der Waals surface area (Å²) in [5, 5.41) is 26.8. The second kappa shape index (κ2) is 4.29. The number of hydrogen-bond acceptors (Lipinski definition) is 4. The summed E-state index contributed by atoms with van der Waals surface area (Å²) < 4.78 is 3.09. The number of rotatable bonds is 3. The zero-order valence-electron chi connectivity index (χ0n) is 11.6. The van der Waals surface area contributed by atoms with Crippen LogP contribution in [-0.4, -0.2) is 34.6 Å². The third kappa shape index (κ3) is 1.82. The molecule has 3 aromatic rings. The van der Waals surface area contributed by atoms with Crippen molar-refractivity contribution in [2.75, 3.05) is 0 Å². The lowest BCUT2D eigenvalue weighted by molar-refractivity contribution is 0.356. The van der Waals surface area contributed by atoms with Gasteiger partial charge in [0.25, 0.3) is 0 Å². The van der Waals surface area contributed by atoms with E-state index in [0.717, 1.165) is 16.9 Å². The third-order valence-corrected chi connectivity index (χ3v) is 3.63. The van der Waals surface area contributed by atoms with Crippen LogP contribution in [0.25, 0.3) is 5.65 Å². The smallest absolute Gasteiger partial charge is 0.193 e. The summed E-state index contributed by atoms with van der Waals surface area (Å²) in [7, 11) is 0. The van der Waals surface area contributed by atoms with Crippen LogP contribution in [0.1, 0.15) is 29.9 Å². The molecule has 0 aliphatic rings. The molecule has 0 saturated heterocycles. The minimum Gasteiger partial charge on any atom is -0.494 e. The van der Waals surface area contributed by atoms with Crippen molar-refractivity contribution in [2.45, 2.75) is 33.2 Å². The average Bonchev–Trinajstić information content (AvgIpc) is 3.02. The molecule has 0 bridgehead atoms. The van der Waals surface area contributed by atoms with Crippen molar-refractivity contribution in [3.63, 3.8) is 0 Å². The SMILES string of the molecule is Cc1[nH]n2nc(C(C)Cn3c(O)ccc3O)nc2c1C. The molecule has 1 unspecified atom stereocenters. The Morgan fingerprint density at radius 2 is 1.90 bits per heavy atom. The zero-order chi connectivity index (χ0) is 14.4. The quantitative estimate of drug-likeness (QED) is 0.678. The normalized spacial score (nSPS) is 13.2. The Hall–Kier alpha value is -2.44. The maximum Gasteiger partial charge on any atom is 0.193 e. The molecule has 0 saturated carbocycles. The molecule has 0 spiro atoms. The van der Waals surface area contributed by atoms with Gasteiger partial charge >= 0.3 is 0 Å². The highest BCUT2D eigenvalue weighted by Crippen LogP contribution is 2.25. The number of aryl methyl sites for hydroxylation is 2. The lowest BCUT2D eigenvalue weighted by Gasteiger charge is -2.10. The van der Waals surface area contributed by atoms with Crippen molar-refractivity contribution in [2.24, 2.45) is 0 Å². The van der Waals surface area contributed by atoms with Gasteiger partial charge in [-0.25, -0.2) is 4.98 Å². The fourth-order valence-corrected chi connectivity index (χ4v) is 2.26. The van der Waals surface area contributed by atoms with Gasteiger partial charge in [0.05, 0.1) is 0 Å². The van der Waals surface area contributed by atoms with Gasteiger partial charge in [-0.15, -0.1) is 5.10 Å². The minimum atomic E-state index is -0.0350. The van der Waals surface area contributed by atoms with Crippen LogP contribution in [0.15, 0.2) is 12.1 Å². The van der Waals surface area contributed by atoms with Crippen molar-refractivity contribution in [1.82, 2.24) is 24.4 Å². The molecule has 0 aliphatic carbocycles. The molecule has 20 heavy (non-hydrogen) atoms. The summed E-state index contributed by atoms with van der Waals surface area (Å²) in [5.74, 6) is 0.705. The average molecular weight is 275 g/mol. The lowest BCUT2D eigenvalue weighted by Crippen LogP contribution is -2.07. The van der Waals surface area contributed by atoms with Crippen LogP contribution in [0.2, 0.25) is 0 Å². The summed E-state index contributed by atoms with van der Waals surface area (Å²) in [5.41, 5.74) is 2.92. The van der Waals surface area contributed by atoms with Gasteiger partial charge in [0, 0.05) is 35.9 Å². The van der Waals surface area contributed by atoms with Gasteiger partial charge in [-0.2, -0.15) is 4.63 Å². The molecule has 1 atom stereocenters. The summed E-state index contributed by atoms with van der Waals surface area (Å²) in [6, 6.07) is 2.92. The van der Waals surface area contributed by atoms with Gasteiger partial charge in [0.15, 0.2) is 23.2 Å². The van der Waals surface area contributed by atoms with Crippen molar-refractivity contribution >= 4 is 5.65 Å². The van der Waals surface area contributed by atoms with Crippen molar-refractivity contribution in [3.05, 3.63) is 29.2 Å². The molecule has 106 valence electrons. The fraction of sp³-hybridized carbons (Fsp3) is 0.385. The Kier molecular flexibility index (Phi) is 2.70. The maximum absolute atomic E-state index is 9.66. The molecule has 3 rings (SSSR count). The largest absolute Gasteiger partial charge is 0.494 e. The van der Waals surface area contributed by atoms with Gasteiger partial charge in [-0.3, -0.25) is 9.67 Å². The molecule has 0 radical (unpaired) electrons. The Morgan fingerprint density at radius 1 is 1.25 bits per heavy atom. The van der Waals surface area contributed by atoms with Gasteiger partial charge < -0.3 is 10.2 Å². The summed E-state index contributed by atoms with van der Waals surface area (Å²) >= 11 is 0. The number of aromatic hydroxyl groups is 2. The second-order valence-corrected chi connectivity index (χ2v) is 5.13. The Bertz CT molecular complexity index is 748. The molecular formula is C13H17N5O2. The van der Waals surface area contributed by atoms with Crippen molar-refractivity contribution < 1.29 is 10.2 Å². The summed E-state index contributed by atoms with van der Waals surface area (Å²) in [6.07, 6.45) is 0. The van der Waals surface area contributed by atoms with Gasteiger partial charge in [0.2, 0.25) is 0 Å². The fourth-order valence-electron chi connectivity index (χ4n) is 2.26. The van der Waals surface area contributed by atoms with E-state index in [1.165, 1.54) is 16.7 Å². The van der Waals surface area contributed by atoms with E-state index in [1.54, 1.807) is 4.63 Å². The standard InChI is InChI=1S/C13H17N5O2/c1-7(6-17-10(19)4-5-11(17)20)12-14-13-8(2)9(3)15-18(13)16-12/h4-5,7,15,19-20H,6H2,1-3H3. The maximum atomic E-state index is 9.66. The molecule has 7 nitrogen and oxygen atoms in total. The molecule has 3 aromatic heterocycles. The Labute approximate surface area is 115 Å². The van der Waals surface area contributed by atoms with E-state index in [9.17, 15) is 10.2 Å². The molecule has 7 heteroatoms. The Morgan fingerprint density at radius 3 is 2.50 bits per heavy atom. The molecule has 0 amide bonds. The van der Waals surface area contributed by atoms with Crippen molar-refractivity contribution in [3.8, 4) is 11.8 Å². The van der Waals surface area contributed by atoms with E-state index >= 15 is 0 Å². The number of fused-ring (bicyclic) bond motifs is 1. The summed E-state index contributed by atoms with van der Waals surface area (Å²) in [6.45, 7) is 6.34. The van der Waals surface area contributed by atoms with E-state index < -0.39 is 0 Å². The highest BCUT2D eigenvalue weighted by atomic mass is 16.3. The molecule has 0 fully saturated rings. The Balaban J connectivity index is 1.91. The first-order valence-corrected chi connectivity index (χ1v) is 6.46. The van der Waals surface area contributed by atoms with Crippen LogP contribution in [0.3, 0.4) is 0 Å². The topological polar surface area (TPSA) is 91.4 Å². The number of nitrogens with zero attached hydrogens (tertiary/aromatic N) is 4. The van der Waals surface area contributed by atoms with E-state index in [2.05, 4.69) is 15.2 Å². The summed E-state index contributed by atoms with van der Waals surface area (Å²) in [4.78, 5) is 4.52.